The number of halogens is 1. The van der Waals surface area contributed by atoms with E-state index in [1.807, 2.05) is 30.3 Å². The molecule has 0 aliphatic carbocycles. The Morgan fingerprint density at radius 1 is 1.15 bits per heavy atom. The number of nitrogens with two attached hydrogens (primary N) is 1. The van der Waals surface area contributed by atoms with Gasteiger partial charge in [-0.25, -0.2) is 0 Å². The van der Waals surface area contributed by atoms with Crippen LogP contribution in [0.1, 0.15) is 10.4 Å². The fourth-order valence-corrected chi connectivity index (χ4v) is 2.70. The summed E-state index contributed by atoms with van der Waals surface area (Å²) >= 11 is 4.56. The normalized spacial score (nSPS) is 10.7. The fraction of sp³-hybridized carbons (Fsp3) is 0. The number of rotatable bonds is 2. The number of carbonyl (C=O) groups is 1. The van der Waals surface area contributed by atoms with Gasteiger partial charge in [0.25, 0.3) is 5.91 Å². The summed E-state index contributed by atoms with van der Waals surface area (Å²) in [5, 5.41) is 12.9. The van der Waals surface area contributed by atoms with E-state index >= 15 is 0 Å². The lowest BCUT2D eigenvalue weighted by Gasteiger charge is -2.04. The van der Waals surface area contributed by atoms with Gasteiger partial charge in [0, 0.05) is 10.0 Å². The number of benzene rings is 2. The van der Waals surface area contributed by atoms with E-state index in [1.54, 1.807) is 6.07 Å². The van der Waals surface area contributed by atoms with Crippen molar-refractivity contribution < 1.29 is 4.79 Å². The van der Waals surface area contributed by atoms with Crippen molar-refractivity contribution in [2.75, 3.05) is 11.1 Å². The van der Waals surface area contributed by atoms with Crippen LogP contribution in [0.4, 0.5) is 10.3 Å². The Labute approximate surface area is 127 Å². The molecular weight excluding hydrogens is 340 g/mol. The van der Waals surface area contributed by atoms with Crippen LogP contribution in [0.2, 0.25) is 0 Å². The van der Waals surface area contributed by atoms with Crippen molar-refractivity contribution in [1.82, 2.24) is 10.2 Å². The van der Waals surface area contributed by atoms with Crippen molar-refractivity contribution >= 4 is 54.2 Å². The van der Waals surface area contributed by atoms with E-state index in [9.17, 15) is 4.79 Å². The van der Waals surface area contributed by atoms with Crippen molar-refractivity contribution in [3.05, 3.63) is 46.4 Å². The maximum Gasteiger partial charge on any atom is 0.257 e. The Hall–Kier alpha value is -1.99. The average Bonchev–Trinajstić information content (AvgIpc) is 2.83. The Morgan fingerprint density at radius 3 is 2.65 bits per heavy atom. The molecule has 1 heterocycles. The van der Waals surface area contributed by atoms with Crippen molar-refractivity contribution in [2.45, 2.75) is 0 Å². The molecule has 0 saturated carbocycles. The van der Waals surface area contributed by atoms with E-state index in [4.69, 9.17) is 5.73 Å². The van der Waals surface area contributed by atoms with Crippen LogP contribution in [0.5, 0.6) is 0 Å². The first-order valence-corrected chi connectivity index (χ1v) is 7.32. The Morgan fingerprint density at radius 2 is 1.90 bits per heavy atom. The van der Waals surface area contributed by atoms with E-state index in [2.05, 4.69) is 31.4 Å². The van der Waals surface area contributed by atoms with Crippen molar-refractivity contribution in [3.63, 3.8) is 0 Å². The number of anilines is 2. The third kappa shape index (κ3) is 2.63. The maximum atomic E-state index is 12.1. The minimum Gasteiger partial charge on any atom is -0.374 e. The molecule has 0 aliphatic heterocycles. The molecule has 5 nitrogen and oxygen atoms in total. The third-order valence-electron chi connectivity index (χ3n) is 2.73. The van der Waals surface area contributed by atoms with Crippen LogP contribution < -0.4 is 11.1 Å². The van der Waals surface area contributed by atoms with Gasteiger partial charge in [0.05, 0.1) is 0 Å². The summed E-state index contributed by atoms with van der Waals surface area (Å²) in [5.74, 6) is -0.231. The van der Waals surface area contributed by atoms with E-state index in [1.165, 1.54) is 0 Å². The standard InChI is InChI=1S/C13H9BrN4OS/c14-10-4-3-7-5-9(2-1-8(7)6-10)11(19)16-13-18-17-12(15)20-13/h1-6H,(H2,15,17)(H,16,18,19). The van der Waals surface area contributed by atoms with E-state index in [0.717, 1.165) is 26.6 Å². The number of hydrogen-bond acceptors (Lipinski definition) is 5. The third-order valence-corrected chi connectivity index (χ3v) is 3.89. The topological polar surface area (TPSA) is 80.9 Å². The maximum absolute atomic E-state index is 12.1. The predicted molar refractivity (Wildman–Crippen MR) is 83.9 cm³/mol. The van der Waals surface area contributed by atoms with Gasteiger partial charge in [0.1, 0.15) is 0 Å². The molecule has 3 N–H and O–H groups in total. The van der Waals surface area contributed by atoms with E-state index in [-0.39, 0.29) is 5.91 Å². The molecule has 3 rings (SSSR count). The van der Waals surface area contributed by atoms with E-state index in [0.29, 0.717) is 15.8 Å². The highest BCUT2D eigenvalue weighted by Gasteiger charge is 2.10. The van der Waals surface area contributed by atoms with Gasteiger partial charge in [-0.1, -0.05) is 39.4 Å². The zero-order chi connectivity index (χ0) is 14.1. The lowest BCUT2D eigenvalue weighted by atomic mass is 10.1. The van der Waals surface area contributed by atoms with Crippen LogP contribution in [0, 0.1) is 0 Å². The number of nitrogens with zero attached hydrogens (tertiary/aromatic N) is 2. The number of hydrogen-bond donors (Lipinski definition) is 2. The van der Waals surface area contributed by atoms with Gasteiger partial charge >= 0.3 is 0 Å². The molecule has 7 heteroatoms. The lowest BCUT2D eigenvalue weighted by Crippen LogP contribution is -2.11. The molecule has 1 aromatic heterocycles. The summed E-state index contributed by atoms with van der Waals surface area (Å²) in [6.45, 7) is 0. The highest BCUT2D eigenvalue weighted by atomic mass is 79.9. The first kappa shape index (κ1) is 13.0. The van der Waals surface area contributed by atoms with Crippen LogP contribution in [0.15, 0.2) is 40.9 Å². The number of amides is 1. The molecule has 3 aromatic rings. The van der Waals surface area contributed by atoms with Gasteiger partial charge in [0.2, 0.25) is 10.3 Å². The molecule has 0 spiro atoms. The summed E-state index contributed by atoms with van der Waals surface area (Å²) < 4.78 is 1.01. The Bertz CT molecular complexity index is 802. The number of fused-ring (bicyclic) bond motifs is 1. The smallest absolute Gasteiger partial charge is 0.257 e. The minimum atomic E-state index is -0.231. The van der Waals surface area contributed by atoms with Crippen LogP contribution in [-0.4, -0.2) is 16.1 Å². The molecule has 0 saturated heterocycles. The molecule has 100 valence electrons. The van der Waals surface area contributed by atoms with E-state index < -0.39 is 0 Å². The van der Waals surface area contributed by atoms with Crippen LogP contribution in [-0.2, 0) is 0 Å². The van der Waals surface area contributed by atoms with Crippen LogP contribution in [0.25, 0.3) is 10.8 Å². The predicted octanol–water partition coefficient (Wildman–Crippen LogP) is 3.29. The first-order valence-electron chi connectivity index (χ1n) is 5.71. The van der Waals surface area contributed by atoms with Gasteiger partial charge in [-0.2, -0.15) is 0 Å². The zero-order valence-corrected chi connectivity index (χ0v) is 12.5. The quantitative estimate of drug-likeness (QED) is 0.744. The Kier molecular flexibility index (Phi) is 3.37. The number of aromatic nitrogens is 2. The van der Waals surface area contributed by atoms with Crippen molar-refractivity contribution in [2.24, 2.45) is 0 Å². The fourth-order valence-electron chi connectivity index (χ4n) is 1.81. The molecule has 2 aromatic carbocycles. The van der Waals surface area contributed by atoms with Crippen molar-refractivity contribution in [1.29, 1.82) is 0 Å². The molecule has 0 aliphatic rings. The number of nitrogens with one attached hydrogen (secondary N) is 1. The minimum absolute atomic E-state index is 0.231. The molecule has 0 radical (unpaired) electrons. The second kappa shape index (κ2) is 5.18. The number of carbonyl (C=O) groups excluding carboxylic acids is 1. The van der Waals surface area contributed by atoms with Gasteiger partial charge < -0.3 is 5.73 Å². The summed E-state index contributed by atoms with van der Waals surface area (Å²) in [6.07, 6.45) is 0. The molecule has 0 atom stereocenters. The van der Waals surface area contributed by atoms with Crippen LogP contribution in [0.3, 0.4) is 0 Å². The van der Waals surface area contributed by atoms with Gasteiger partial charge in [0.15, 0.2) is 0 Å². The number of nitrogen functional groups attached to an aromatic ring is 1. The molecule has 20 heavy (non-hydrogen) atoms. The highest BCUT2D eigenvalue weighted by Crippen LogP contribution is 2.22. The molecule has 0 bridgehead atoms. The molecule has 0 fully saturated rings. The molecular formula is C13H9BrN4OS. The Balaban J connectivity index is 1.89. The van der Waals surface area contributed by atoms with Gasteiger partial charge in [-0.05, 0) is 35.0 Å². The summed E-state index contributed by atoms with van der Waals surface area (Å²) in [6, 6.07) is 11.4. The summed E-state index contributed by atoms with van der Waals surface area (Å²) in [7, 11) is 0. The van der Waals surface area contributed by atoms with Gasteiger partial charge in [-0.15, -0.1) is 10.2 Å². The molecule has 1 amide bonds. The second-order valence-corrected chi connectivity index (χ2v) is 6.03. The van der Waals surface area contributed by atoms with Crippen molar-refractivity contribution in [3.8, 4) is 0 Å². The lowest BCUT2D eigenvalue weighted by molar-refractivity contribution is 0.102. The largest absolute Gasteiger partial charge is 0.374 e. The highest BCUT2D eigenvalue weighted by molar-refractivity contribution is 9.10. The SMILES string of the molecule is Nc1nnc(NC(=O)c2ccc3cc(Br)ccc3c2)s1. The monoisotopic (exact) mass is 348 g/mol. The molecule has 0 unspecified atom stereocenters. The van der Waals surface area contributed by atoms with Gasteiger partial charge in [-0.3, -0.25) is 10.1 Å². The van der Waals surface area contributed by atoms with Crippen LogP contribution >= 0.6 is 27.3 Å². The summed E-state index contributed by atoms with van der Waals surface area (Å²) in [4.78, 5) is 12.1. The average molecular weight is 349 g/mol. The first-order chi connectivity index (χ1) is 9.61. The summed E-state index contributed by atoms with van der Waals surface area (Å²) in [5.41, 5.74) is 6.03. The second-order valence-electron chi connectivity index (χ2n) is 4.11. The zero-order valence-electron chi connectivity index (χ0n) is 10.1.